The molecule has 12 nitrogen and oxygen atoms in total. The number of rotatable bonds is 14. The van der Waals surface area contributed by atoms with E-state index >= 15 is 0 Å². The van der Waals surface area contributed by atoms with Gasteiger partial charge in [-0.15, -0.1) is 0 Å². The van der Waals surface area contributed by atoms with Gasteiger partial charge in [-0.25, -0.2) is 29.3 Å². The summed E-state index contributed by atoms with van der Waals surface area (Å²) >= 11 is 10.5. The Kier molecular flexibility index (Phi) is 18.7. The van der Waals surface area contributed by atoms with E-state index in [1.54, 1.807) is 37.4 Å². The van der Waals surface area contributed by atoms with Crippen LogP contribution in [0.25, 0.3) is 32.7 Å². The third kappa shape index (κ3) is 14.2. The molecule has 0 aliphatic carbocycles. The Morgan fingerprint density at radius 2 is 0.773 bits per heavy atom. The number of hydrogen-bond donors (Lipinski definition) is 0. The predicted octanol–water partition coefficient (Wildman–Crippen LogP) is 14.7. The quantitative estimate of drug-likeness (QED) is 0.0754. The fourth-order valence-corrected chi connectivity index (χ4v) is 8.71. The molecule has 0 aliphatic heterocycles. The number of aromatic nitrogens is 3. The molecule has 0 atom stereocenters. The molecule has 0 bridgehead atoms. The summed E-state index contributed by atoms with van der Waals surface area (Å²) in [6.07, 6.45) is 0. The van der Waals surface area contributed by atoms with Gasteiger partial charge in [-0.05, 0) is 98.8 Å². The highest BCUT2D eigenvalue weighted by Crippen LogP contribution is 2.35. The molecule has 0 amide bonds. The van der Waals surface area contributed by atoms with Gasteiger partial charge in [0.25, 0.3) is 0 Å². The van der Waals surface area contributed by atoms with Crippen LogP contribution in [0.2, 0.25) is 0 Å². The fourth-order valence-electron chi connectivity index (χ4n) is 7.38. The van der Waals surface area contributed by atoms with Gasteiger partial charge in [0, 0.05) is 25.1 Å². The number of methoxy groups -OCH3 is 2. The van der Waals surface area contributed by atoms with Crippen molar-refractivity contribution in [1.29, 1.82) is 0 Å². The summed E-state index contributed by atoms with van der Waals surface area (Å²) in [4.78, 5) is 49.7. The largest absolute Gasteiger partial charge is 0.494 e. The average molecular weight is 1190 g/mol. The van der Waals surface area contributed by atoms with Gasteiger partial charge in [0.2, 0.25) is 0 Å². The van der Waals surface area contributed by atoms with Gasteiger partial charge in [0.1, 0.15) is 71.6 Å². The fraction of sp³-hybridized carbons (Fsp3) is 0.100. The number of pyridine rings is 3. The Morgan fingerprint density at radius 1 is 0.387 bits per heavy atom. The molecule has 0 unspecified atom stereocenters. The highest BCUT2D eigenvalue weighted by Gasteiger charge is 2.17. The highest BCUT2D eigenvalue weighted by molar-refractivity contribution is 9.11. The first-order valence-electron chi connectivity index (χ1n) is 23.2. The van der Waals surface area contributed by atoms with Gasteiger partial charge in [-0.2, -0.15) is 0 Å². The van der Waals surface area contributed by atoms with E-state index in [-0.39, 0.29) is 30.3 Å². The standard InChI is InChI=1S/2C24H18BrNO3.C12H10BrNO3/c25-20-12-14-22(28-15-17-7-3-1-4-8-17)23-19(20)11-13-21(26-23)24(27)29-16-18-9-5-2-6-10-18;25-20-13-11-19-12-14-21(24(27)29-16-18-9-5-2-6-10-18)26-22(19)23(20)28-15-17-7-3-1-4-8-17;1-16-10-6-4-8(13)7-3-5-9(12(15)17-2)14-11(7)10/h2*1-14H,15-16H2;3-6H,1-2H3. The molecule has 0 radical (unpaired) electrons. The number of esters is 3. The zero-order chi connectivity index (χ0) is 52.5. The molecule has 75 heavy (non-hydrogen) atoms. The van der Waals surface area contributed by atoms with Crippen LogP contribution in [0.3, 0.4) is 0 Å². The molecule has 0 spiro atoms. The van der Waals surface area contributed by atoms with Gasteiger partial charge in [0.15, 0.2) is 5.75 Å². The lowest BCUT2D eigenvalue weighted by Crippen LogP contribution is -2.08. The summed E-state index contributed by atoms with van der Waals surface area (Å²) in [5, 5.41) is 2.64. The van der Waals surface area contributed by atoms with Crippen molar-refractivity contribution in [1.82, 2.24) is 15.0 Å². The lowest BCUT2D eigenvalue weighted by atomic mass is 10.2. The summed E-state index contributed by atoms with van der Waals surface area (Å²) in [5.74, 6) is 0.436. The number of carbonyl (C=O) groups excluding carboxylic acids is 3. The molecule has 0 aliphatic rings. The van der Waals surface area contributed by atoms with Crippen LogP contribution in [0.5, 0.6) is 17.2 Å². The molecule has 10 aromatic rings. The summed E-state index contributed by atoms with van der Waals surface area (Å²) in [6.45, 7) is 1.23. The van der Waals surface area contributed by atoms with Crippen molar-refractivity contribution in [2.24, 2.45) is 0 Å². The second-order valence-corrected chi connectivity index (χ2v) is 18.9. The normalized spacial score (nSPS) is 10.6. The van der Waals surface area contributed by atoms with E-state index in [0.29, 0.717) is 47.0 Å². The van der Waals surface area contributed by atoms with Crippen LogP contribution in [0, 0.1) is 0 Å². The maximum absolute atomic E-state index is 12.5. The molecule has 0 saturated carbocycles. The zero-order valence-electron chi connectivity index (χ0n) is 40.5. The van der Waals surface area contributed by atoms with Crippen LogP contribution >= 0.6 is 47.8 Å². The minimum atomic E-state index is -0.468. The minimum Gasteiger partial charge on any atom is -0.494 e. The first-order chi connectivity index (χ1) is 36.6. The number of fused-ring (bicyclic) bond motifs is 3. The Morgan fingerprint density at radius 3 is 1.25 bits per heavy atom. The molecule has 3 aromatic heterocycles. The highest BCUT2D eigenvalue weighted by atomic mass is 79.9. The Hall–Kier alpha value is -7.98. The van der Waals surface area contributed by atoms with Crippen molar-refractivity contribution >= 4 is 98.4 Å². The monoisotopic (exact) mass is 1190 g/mol. The van der Waals surface area contributed by atoms with E-state index < -0.39 is 17.9 Å². The van der Waals surface area contributed by atoms with Crippen LogP contribution < -0.4 is 14.2 Å². The third-order valence-electron chi connectivity index (χ3n) is 11.2. The van der Waals surface area contributed by atoms with E-state index in [1.807, 2.05) is 164 Å². The second-order valence-electron chi connectivity index (χ2n) is 16.3. The molecule has 3 heterocycles. The zero-order valence-corrected chi connectivity index (χ0v) is 45.2. The van der Waals surface area contributed by atoms with Crippen LogP contribution in [-0.4, -0.2) is 47.1 Å². The molecule has 10 rings (SSSR count). The average Bonchev–Trinajstić information content (AvgIpc) is 3.46. The van der Waals surface area contributed by atoms with Crippen molar-refractivity contribution in [2.75, 3.05) is 14.2 Å². The number of halogens is 3. The van der Waals surface area contributed by atoms with Crippen LogP contribution in [0.15, 0.2) is 208 Å². The Bertz CT molecular complexity index is 3510. The van der Waals surface area contributed by atoms with Crippen LogP contribution in [0.4, 0.5) is 0 Å². The van der Waals surface area contributed by atoms with Gasteiger partial charge in [-0.3, -0.25) is 0 Å². The van der Waals surface area contributed by atoms with E-state index in [4.69, 9.17) is 23.7 Å². The molecule has 376 valence electrons. The van der Waals surface area contributed by atoms with Crippen molar-refractivity contribution in [3.05, 3.63) is 247 Å². The minimum absolute atomic E-state index is 0.204. The maximum Gasteiger partial charge on any atom is 0.357 e. The van der Waals surface area contributed by atoms with Gasteiger partial charge in [-0.1, -0.05) is 165 Å². The summed E-state index contributed by atoms with van der Waals surface area (Å²) in [5.41, 5.74) is 6.58. The van der Waals surface area contributed by atoms with Gasteiger partial charge in [0.05, 0.1) is 18.7 Å². The first-order valence-corrected chi connectivity index (χ1v) is 25.6. The van der Waals surface area contributed by atoms with Crippen LogP contribution in [-0.2, 0) is 40.6 Å². The number of ether oxygens (including phenoxy) is 6. The SMILES string of the molecule is COC(=O)c1ccc2c(Br)ccc(OC)c2n1.O=C(OCc1ccccc1)c1ccc2c(Br)ccc(OCc3ccccc3)c2n1.O=C(OCc1ccccc1)c1ccc2ccc(Br)c(OCc3ccccc3)c2n1. The van der Waals surface area contributed by atoms with Crippen molar-refractivity contribution in [3.8, 4) is 17.2 Å². The van der Waals surface area contributed by atoms with Crippen LogP contribution in [0.1, 0.15) is 53.7 Å². The molecule has 0 saturated heterocycles. The number of benzene rings is 7. The topological polar surface area (TPSA) is 145 Å². The molecular weight excluding hydrogens is 1150 g/mol. The molecular formula is C60H46Br3N3O9. The summed E-state index contributed by atoms with van der Waals surface area (Å²) in [7, 11) is 2.89. The number of nitrogens with zero attached hydrogens (tertiary/aromatic N) is 3. The number of carbonyl (C=O) groups is 3. The van der Waals surface area contributed by atoms with E-state index in [9.17, 15) is 14.4 Å². The third-order valence-corrected chi connectivity index (χ3v) is 13.2. The second kappa shape index (κ2) is 26.3. The van der Waals surface area contributed by atoms with Gasteiger partial charge < -0.3 is 28.4 Å². The maximum atomic E-state index is 12.5. The molecule has 15 heteroatoms. The van der Waals surface area contributed by atoms with E-state index in [0.717, 1.165) is 51.8 Å². The summed E-state index contributed by atoms with van der Waals surface area (Å²) in [6, 6.07) is 60.7. The smallest absolute Gasteiger partial charge is 0.357 e. The van der Waals surface area contributed by atoms with Gasteiger partial charge >= 0.3 is 17.9 Å². The molecule has 0 N–H and O–H groups in total. The predicted molar refractivity (Wildman–Crippen MR) is 299 cm³/mol. The van der Waals surface area contributed by atoms with E-state index in [1.165, 1.54) is 7.11 Å². The lowest BCUT2D eigenvalue weighted by Gasteiger charge is -2.12. The van der Waals surface area contributed by atoms with Crippen molar-refractivity contribution in [3.63, 3.8) is 0 Å². The van der Waals surface area contributed by atoms with Crippen molar-refractivity contribution in [2.45, 2.75) is 26.4 Å². The molecule has 0 fully saturated rings. The van der Waals surface area contributed by atoms with E-state index in [2.05, 4.69) is 67.5 Å². The Labute approximate surface area is 458 Å². The Balaban J connectivity index is 0.000000155. The summed E-state index contributed by atoms with van der Waals surface area (Å²) < 4.78 is 35.3. The lowest BCUT2D eigenvalue weighted by molar-refractivity contribution is 0.0457. The van der Waals surface area contributed by atoms with Crippen molar-refractivity contribution < 1.29 is 42.8 Å². The number of hydrogen-bond acceptors (Lipinski definition) is 12. The molecule has 7 aromatic carbocycles. The first kappa shape index (κ1) is 53.3.